The maximum Gasteiger partial charge on any atom is 0.250 e. The molecule has 0 aliphatic heterocycles. The van der Waals surface area contributed by atoms with E-state index in [1.54, 1.807) is 0 Å². The maximum absolute atomic E-state index is 13.2. The van der Waals surface area contributed by atoms with Crippen LogP contribution in [0.3, 0.4) is 0 Å². The number of hydrogen-bond donors (Lipinski definition) is 3. The van der Waals surface area contributed by atoms with Crippen LogP contribution >= 0.6 is 12.2 Å². The molecule has 1 fully saturated rings. The highest BCUT2D eigenvalue weighted by molar-refractivity contribution is 7.80. The summed E-state index contributed by atoms with van der Waals surface area (Å²) in [6.45, 7) is 4.65. The molecule has 0 radical (unpaired) electrons. The van der Waals surface area contributed by atoms with Crippen molar-refractivity contribution >= 4 is 29.0 Å². The van der Waals surface area contributed by atoms with Crippen LogP contribution in [0.2, 0.25) is 0 Å². The number of hydrogen-bond acceptors (Lipinski definition) is 4. The molecule has 1 aromatic carbocycles. The van der Waals surface area contributed by atoms with Gasteiger partial charge in [-0.1, -0.05) is 88.5 Å². The van der Waals surface area contributed by atoms with Crippen molar-refractivity contribution in [3.8, 4) is 0 Å². The minimum absolute atomic E-state index is 0.0680. The summed E-state index contributed by atoms with van der Waals surface area (Å²) < 4.78 is 0. The molecule has 0 unspecified atom stereocenters. The molecule has 0 bridgehead atoms. The van der Waals surface area contributed by atoms with E-state index in [0.29, 0.717) is 30.3 Å². The van der Waals surface area contributed by atoms with Gasteiger partial charge in [-0.2, -0.15) is 0 Å². The number of thiocarbonyl (C=S) groups is 1. The second-order valence-corrected chi connectivity index (χ2v) is 10.3. The molecule has 0 heterocycles. The summed E-state index contributed by atoms with van der Waals surface area (Å²) in [4.78, 5) is 25.3. The minimum Gasteiger partial charge on any atom is -0.378 e. The number of aryl methyl sites for hydroxylation is 1. The summed E-state index contributed by atoms with van der Waals surface area (Å²) in [6.07, 6.45) is 8.65. The quantitative estimate of drug-likeness (QED) is 0.167. The number of rotatable bonds is 13. The van der Waals surface area contributed by atoms with Crippen molar-refractivity contribution in [2.75, 3.05) is 6.54 Å². The predicted molar refractivity (Wildman–Crippen MR) is 136 cm³/mol. The van der Waals surface area contributed by atoms with Gasteiger partial charge in [-0.05, 0) is 43.1 Å². The van der Waals surface area contributed by atoms with Gasteiger partial charge in [0.15, 0.2) is 0 Å². The first-order valence-electron chi connectivity index (χ1n) is 12.4. The highest BCUT2D eigenvalue weighted by Crippen LogP contribution is 2.29. The first-order valence-corrected chi connectivity index (χ1v) is 12.8. The van der Waals surface area contributed by atoms with E-state index in [4.69, 9.17) is 18.0 Å². The Bertz CT molecular complexity index is 750. The highest BCUT2D eigenvalue weighted by atomic mass is 32.1. The van der Waals surface area contributed by atoms with Crippen molar-refractivity contribution in [1.29, 1.82) is 0 Å². The van der Waals surface area contributed by atoms with E-state index >= 15 is 0 Å². The van der Waals surface area contributed by atoms with Crippen LogP contribution in [-0.2, 0) is 16.0 Å². The lowest BCUT2D eigenvalue weighted by Gasteiger charge is -2.33. The molecule has 1 aromatic rings. The average Bonchev–Trinajstić information content (AvgIpc) is 2.79. The molecule has 184 valence electrons. The first-order chi connectivity index (χ1) is 15.8. The molecule has 33 heavy (non-hydrogen) atoms. The van der Waals surface area contributed by atoms with Crippen LogP contribution in [-0.4, -0.2) is 39.7 Å². The molecule has 1 aliphatic carbocycles. The summed E-state index contributed by atoms with van der Waals surface area (Å²) in [7, 11) is 0. The SMILES string of the molecule is CC(C)C[C@H](CC(N)=O)C(=O)N(O)[C@@H](CC1CCCCC1)C(=S)NCCCc1ccccc1. The fourth-order valence-electron chi connectivity index (χ4n) is 4.75. The molecule has 0 saturated heterocycles. The number of hydroxylamine groups is 2. The number of nitrogens with one attached hydrogen (secondary N) is 1. The van der Waals surface area contributed by atoms with Gasteiger partial charge in [0.2, 0.25) is 11.8 Å². The van der Waals surface area contributed by atoms with Crippen LogP contribution in [0.5, 0.6) is 0 Å². The topological polar surface area (TPSA) is 95.7 Å². The van der Waals surface area contributed by atoms with E-state index in [9.17, 15) is 14.8 Å². The summed E-state index contributed by atoms with van der Waals surface area (Å²) in [5.41, 5.74) is 6.66. The third-order valence-electron chi connectivity index (χ3n) is 6.44. The van der Waals surface area contributed by atoms with Gasteiger partial charge in [-0.3, -0.25) is 14.8 Å². The lowest BCUT2D eigenvalue weighted by Crippen LogP contribution is -2.50. The zero-order valence-electron chi connectivity index (χ0n) is 20.2. The Hall–Kier alpha value is -1.99. The molecular weight excluding hydrogens is 434 g/mol. The number of benzene rings is 1. The van der Waals surface area contributed by atoms with Crippen molar-refractivity contribution in [2.45, 2.75) is 84.1 Å². The standard InChI is InChI=1S/C26H41N3O3S/c1-19(2)16-22(18-24(27)30)26(31)29(32)23(17-21-12-7-4-8-13-21)25(33)28-15-9-14-20-10-5-3-6-11-20/h3,5-6,10-11,19,21-23,32H,4,7-9,12-18H2,1-2H3,(H2,27,30)(H,28,33)/t22-,23+/m1/s1. The molecule has 2 atom stereocenters. The van der Waals surface area contributed by atoms with Gasteiger partial charge in [-0.15, -0.1) is 0 Å². The summed E-state index contributed by atoms with van der Waals surface area (Å²) in [5.74, 6) is -1.01. The lowest BCUT2D eigenvalue weighted by molar-refractivity contribution is -0.177. The number of nitrogens with two attached hydrogens (primary N) is 1. The average molecular weight is 476 g/mol. The number of carbonyl (C=O) groups is 2. The lowest BCUT2D eigenvalue weighted by atomic mass is 9.84. The Balaban J connectivity index is 2.04. The highest BCUT2D eigenvalue weighted by Gasteiger charge is 2.34. The van der Waals surface area contributed by atoms with E-state index < -0.39 is 23.8 Å². The van der Waals surface area contributed by atoms with E-state index in [1.165, 1.54) is 24.8 Å². The second-order valence-electron chi connectivity index (χ2n) is 9.82. The van der Waals surface area contributed by atoms with Gasteiger partial charge < -0.3 is 11.1 Å². The molecule has 2 rings (SSSR count). The van der Waals surface area contributed by atoms with Crippen LogP contribution in [0.4, 0.5) is 0 Å². The largest absolute Gasteiger partial charge is 0.378 e. The van der Waals surface area contributed by atoms with Gasteiger partial charge in [0.1, 0.15) is 11.0 Å². The number of primary amides is 1. The smallest absolute Gasteiger partial charge is 0.250 e. The number of nitrogens with zero attached hydrogens (tertiary/aromatic N) is 1. The van der Waals surface area contributed by atoms with Crippen LogP contribution in [0.15, 0.2) is 30.3 Å². The van der Waals surface area contributed by atoms with Crippen molar-refractivity contribution in [3.63, 3.8) is 0 Å². The van der Waals surface area contributed by atoms with Crippen molar-refractivity contribution in [1.82, 2.24) is 10.4 Å². The van der Waals surface area contributed by atoms with Crippen molar-refractivity contribution in [2.24, 2.45) is 23.5 Å². The van der Waals surface area contributed by atoms with E-state index in [1.807, 2.05) is 32.0 Å². The van der Waals surface area contributed by atoms with Crippen molar-refractivity contribution < 1.29 is 14.8 Å². The molecule has 0 spiro atoms. The van der Waals surface area contributed by atoms with Gasteiger partial charge in [0, 0.05) is 18.9 Å². The predicted octanol–water partition coefficient (Wildman–Crippen LogP) is 4.63. The molecule has 2 amide bonds. The molecule has 1 saturated carbocycles. The third-order valence-corrected chi connectivity index (χ3v) is 6.86. The van der Waals surface area contributed by atoms with Crippen LogP contribution in [0.25, 0.3) is 0 Å². The van der Waals surface area contributed by atoms with E-state index in [0.717, 1.165) is 30.7 Å². The second kappa shape index (κ2) is 14.3. The Morgan fingerprint density at radius 3 is 2.45 bits per heavy atom. The molecule has 0 aromatic heterocycles. The molecule has 1 aliphatic rings. The van der Waals surface area contributed by atoms with Gasteiger partial charge in [0.05, 0.1) is 0 Å². The van der Waals surface area contributed by atoms with E-state index in [2.05, 4.69) is 17.4 Å². The third kappa shape index (κ3) is 9.80. The number of carbonyl (C=O) groups excluding carboxylic acids is 2. The Kier molecular flexibility index (Phi) is 11.8. The monoisotopic (exact) mass is 475 g/mol. The fraction of sp³-hybridized carbons (Fsp3) is 0.654. The van der Waals surface area contributed by atoms with Crippen molar-refractivity contribution in [3.05, 3.63) is 35.9 Å². The Morgan fingerprint density at radius 1 is 1.18 bits per heavy atom. The zero-order chi connectivity index (χ0) is 24.2. The van der Waals surface area contributed by atoms with Gasteiger partial charge in [0.25, 0.3) is 0 Å². The Morgan fingerprint density at radius 2 is 1.85 bits per heavy atom. The molecule has 7 heteroatoms. The molecular formula is C26H41N3O3S. The van der Waals surface area contributed by atoms with Gasteiger partial charge in [-0.25, -0.2) is 5.06 Å². The Labute approximate surface area is 204 Å². The molecule has 6 nitrogen and oxygen atoms in total. The van der Waals surface area contributed by atoms with Crippen LogP contribution in [0, 0.1) is 17.8 Å². The van der Waals surface area contributed by atoms with Crippen LogP contribution in [0.1, 0.15) is 77.2 Å². The van der Waals surface area contributed by atoms with Crippen LogP contribution < -0.4 is 11.1 Å². The first kappa shape index (κ1) is 27.3. The maximum atomic E-state index is 13.2. The summed E-state index contributed by atoms with van der Waals surface area (Å²) in [5, 5.41) is 15.1. The number of amides is 2. The van der Waals surface area contributed by atoms with E-state index in [-0.39, 0.29) is 12.3 Å². The van der Waals surface area contributed by atoms with Gasteiger partial charge >= 0.3 is 0 Å². The summed E-state index contributed by atoms with van der Waals surface area (Å²) in [6, 6.07) is 9.68. The minimum atomic E-state index is -0.637. The zero-order valence-corrected chi connectivity index (χ0v) is 21.0. The fourth-order valence-corrected chi connectivity index (χ4v) is 5.05. The normalized spacial score (nSPS) is 16.2. The summed E-state index contributed by atoms with van der Waals surface area (Å²) >= 11 is 5.68. The molecule has 4 N–H and O–H groups in total.